The summed E-state index contributed by atoms with van der Waals surface area (Å²) in [5.74, 6) is -1.10. The van der Waals surface area contributed by atoms with E-state index in [1.165, 1.54) is 24.3 Å². The summed E-state index contributed by atoms with van der Waals surface area (Å²) < 4.78 is 50.0. The molecule has 198 valence electrons. The Morgan fingerprint density at radius 3 is 2.44 bits per heavy atom. The molecule has 9 heteroatoms. The van der Waals surface area contributed by atoms with Crippen LogP contribution in [0.5, 0.6) is 5.75 Å². The minimum absolute atomic E-state index is 0.00753. The van der Waals surface area contributed by atoms with E-state index < -0.39 is 24.3 Å². The molecule has 39 heavy (non-hydrogen) atoms. The van der Waals surface area contributed by atoms with Gasteiger partial charge in [0.2, 0.25) is 0 Å². The highest BCUT2D eigenvalue weighted by molar-refractivity contribution is 6.30. The summed E-state index contributed by atoms with van der Waals surface area (Å²) in [5.41, 5.74) is 3.10. The SMILES string of the molecule is O=C(O)c1ccc2nc(Cc3ccc(-c4cccc(OCc5ccc(Cl)cc5F)c4)cc3F)n(CCF)c2c1. The number of aryl methyl sites for hydroxylation is 1. The lowest BCUT2D eigenvalue weighted by Gasteiger charge is -2.11. The molecule has 0 saturated carbocycles. The Balaban J connectivity index is 1.37. The van der Waals surface area contributed by atoms with Crippen LogP contribution in [-0.2, 0) is 19.6 Å². The zero-order chi connectivity index (χ0) is 27.5. The van der Waals surface area contributed by atoms with Gasteiger partial charge in [-0.3, -0.25) is 0 Å². The number of benzene rings is 4. The van der Waals surface area contributed by atoms with Gasteiger partial charge < -0.3 is 14.4 Å². The third kappa shape index (κ3) is 5.76. The van der Waals surface area contributed by atoms with Crippen molar-refractivity contribution in [2.75, 3.05) is 6.67 Å². The number of hydrogen-bond donors (Lipinski definition) is 1. The topological polar surface area (TPSA) is 64.3 Å². The average molecular weight is 551 g/mol. The van der Waals surface area contributed by atoms with Gasteiger partial charge >= 0.3 is 5.97 Å². The monoisotopic (exact) mass is 550 g/mol. The van der Waals surface area contributed by atoms with Crippen molar-refractivity contribution in [3.05, 3.63) is 118 Å². The number of alkyl halides is 1. The first-order valence-corrected chi connectivity index (χ1v) is 12.4. The Hall–Kier alpha value is -4.30. The Morgan fingerprint density at radius 1 is 0.923 bits per heavy atom. The van der Waals surface area contributed by atoms with Crippen molar-refractivity contribution >= 4 is 28.6 Å². The number of aromatic carboxylic acids is 1. The maximum Gasteiger partial charge on any atom is 0.335 e. The molecule has 5 rings (SSSR count). The summed E-state index contributed by atoms with van der Waals surface area (Å²) in [6.45, 7) is -0.699. The van der Waals surface area contributed by atoms with Gasteiger partial charge in [0.05, 0.1) is 23.1 Å². The van der Waals surface area contributed by atoms with Crippen molar-refractivity contribution in [3.63, 3.8) is 0 Å². The molecule has 0 spiro atoms. The fourth-order valence-electron chi connectivity index (χ4n) is 4.38. The van der Waals surface area contributed by atoms with E-state index >= 15 is 4.39 Å². The molecule has 0 radical (unpaired) electrons. The van der Waals surface area contributed by atoms with Crippen LogP contribution in [0.25, 0.3) is 22.2 Å². The van der Waals surface area contributed by atoms with E-state index in [0.29, 0.717) is 49.9 Å². The van der Waals surface area contributed by atoms with Crippen LogP contribution in [0.2, 0.25) is 5.02 Å². The number of fused-ring (bicyclic) bond motifs is 1. The standard InChI is InChI=1S/C30H22ClF3N2O3/c31-23-8-6-22(26(34)16-23)17-39-24-3-1-2-18(12-24)19-4-5-20(25(33)13-19)15-29-35-27-9-7-21(30(37)38)14-28(27)36(29)11-10-32/h1-9,12-14,16H,10-11,15,17H2,(H,37,38). The molecule has 1 aromatic heterocycles. The van der Waals surface area contributed by atoms with Gasteiger partial charge in [-0.05, 0) is 65.2 Å². The van der Waals surface area contributed by atoms with Crippen molar-refractivity contribution in [2.45, 2.75) is 19.6 Å². The summed E-state index contributed by atoms with van der Waals surface area (Å²) in [7, 11) is 0. The summed E-state index contributed by atoms with van der Waals surface area (Å²) in [6.07, 6.45) is 0.0962. The Kier molecular flexibility index (Phi) is 7.56. The van der Waals surface area contributed by atoms with Gasteiger partial charge in [-0.2, -0.15) is 0 Å². The molecule has 1 heterocycles. The molecule has 0 unspecified atom stereocenters. The first-order chi connectivity index (χ1) is 18.8. The van der Waals surface area contributed by atoms with Crippen molar-refractivity contribution in [1.82, 2.24) is 9.55 Å². The summed E-state index contributed by atoms with van der Waals surface area (Å²) in [5, 5.41) is 9.60. The zero-order valence-corrected chi connectivity index (χ0v) is 21.3. The van der Waals surface area contributed by atoms with Crippen LogP contribution in [0.1, 0.15) is 27.3 Å². The van der Waals surface area contributed by atoms with E-state index in [4.69, 9.17) is 16.3 Å². The van der Waals surface area contributed by atoms with E-state index in [1.807, 2.05) is 6.07 Å². The number of carboxylic acids is 1. The first kappa shape index (κ1) is 26.3. The second-order valence-corrected chi connectivity index (χ2v) is 9.35. The van der Waals surface area contributed by atoms with E-state index in [2.05, 4.69) is 4.98 Å². The van der Waals surface area contributed by atoms with E-state index in [0.717, 1.165) is 0 Å². The lowest BCUT2D eigenvalue weighted by molar-refractivity contribution is 0.0697. The van der Waals surface area contributed by atoms with Crippen LogP contribution >= 0.6 is 11.6 Å². The molecular weight excluding hydrogens is 529 g/mol. The molecule has 0 saturated heterocycles. The average Bonchev–Trinajstić information content (AvgIpc) is 3.26. The van der Waals surface area contributed by atoms with Gasteiger partial charge in [-0.1, -0.05) is 41.9 Å². The van der Waals surface area contributed by atoms with Crippen molar-refractivity contribution < 1.29 is 27.8 Å². The number of hydrogen-bond acceptors (Lipinski definition) is 3. The molecule has 1 N–H and O–H groups in total. The molecule has 0 fully saturated rings. The molecule has 0 amide bonds. The number of ether oxygens (including phenoxy) is 1. The molecule has 5 nitrogen and oxygen atoms in total. The van der Waals surface area contributed by atoms with E-state index in [-0.39, 0.29) is 25.1 Å². The molecule has 0 aliphatic heterocycles. The number of carboxylic acid groups (broad SMARTS) is 1. The molecule has 0 atom stereocenters. The predicted octanol–water partition coefficient (Wildman–Crippen LogP) is 7.47. The summed E-state index contributed by atoms with van der Waals surface area (Å²) in [6, 6.07) is 20.7. The highest BCUT2D eigenvalue weighted by Gasteiger charge is 2.16. The van der Waals surface area contributed by atoms with Gasteiger partial charge in [-0.15, -0.1) is 0 Å². The maximum absolute atomic E-state index is 15.2. The lowest BCUT2D eigenvalue weighted by atomic mass is 10.0. The van der Waals surface area contributed by atoms with Gasteiger partial charge in [-0.25, -0.2) is 22.9 Å². The summed E-state index contributed by atoms with van der Waals surface area (Å²) >= 11 is 5.80. The normalized spacial score (nSPS) is 11.2. The molecule has 0 aliphatic carbocycles. The smallest absolute Gasteiger partial charge is 0.335 e. The quantitative estimate of drug-likeness (QED) is 0.207. The molecule has 0 bridgehead atoms. The minimum atomic E-state index is -1.10. The minimum Gasteiger partial charge on any atom is -0.489 e. The Labute approximate surface area is 227 Å². The van der Waals surface area contributed by atoms with Crippen molar-refractivity contribution in [2.24, 2.45) is 0 Å². The van der Waals surface area contributed by atoms with E-state index in [9.17, 15) is 18.7 Å². The predicted molar refractivity (Wildman–Crippen MR) is 143 cm³/mol. The van der Waals surface area contributed by atoms with Gasteiger partial charge in [0.25, 0.3) is 0 Å². The van der Waals surface area contributed by atoms with Crippen molar-refractivity contribution in [3.8, 4) is 16.9 Å². The lowest BCUT2D eigenvalue weighted by Crippen LogP contribution is -2.07. The Morgan fingerprint density at radius 2 is 1.69 bits per heavy atom. The number of rotatable bonds is 9. The highest BCUT2D eigenvalue weighted by Crippen LogP contribution is 2.28. The fraction of sp³-hybridized carbons (Fsp3) is 0.133. The van der Waals surface area contributed by atoms with Crippen LogP contribution in [0.3, 0.4) is 0 Å². The zero-order valence-electron chi connectivity index (χ0n) is 20.5. The van der Waals surface area contributed by atoms with Crippen LogP contribution in [-0.4, -0.2) is 27.3 Å². The highest BCUT2D eigenvalue weighted by atomic mass is 35.5. The number of imidazole rings is 1. The van der Waals surface area contributed by atoms with Gasteiger partial charge in [0, 0.05) is 17.0 Å². The molecular formula is C30H22ClF3N2O3. The molecule has 5 aromatic rings. The van der Waals surface area contributed by atoms with Crippen molar-refractivity contribution in [1.29, 1.82) is 0 Å². The van der Waals surface area contributed by atoms with Gasteiger partial charge in [0.15, 0.2) is 0 Å². The van der Waals surface area contributed by atoms with Crippen LogP contribution in [0.15, 0.2) is 78.9 Å². The first-order valence-electron chi connectivity index (χ1n) is 12.1. The molecule has 4 aromatic carbocycles. The Bertz CT molecular complexity index is 1690. The number of aromatic nitrogens is 2. The third-order valence-electron chi connectivity index (χ3n) is 6.36. The third-order valence-corrected chi connectivity index (χ3v) is 6.60. The second kappa shape index (κ2) is 11.2. The fourth-order valence-corrected chi connectivity index (χ4v) is 4.54. The number of nitrogens with zero attached hydrogens (tertiary/aromatic N) is 2. The van der Waals surface area contributed by atoms with E-state index in [1.54, 1.807) is 53.1 Å². The van der Waals surface area contributed by atoms with Crippen LogP contribution < -0.4 is 4.74 Å². The van der Waals surface area contributed by atoms with Crippen LogP contribution in [0, 0.1) is 11.6 Å². The number of carbonyl (C=O) groups is 1. The maximum atomic E-state index is 15.2. The number of halogens is 4. The largest absolute Gasteiger partial charge is 0.489 e. The van der Waals surface area contributed by atoms with Crippen LogP contribution in [0.4, 0.5) is 13.2 Å². The summed E-state index contributed by atoms with van der Waals surface area (Å²) in [4.78, 5) is 15.9. The second-order valence-electron chi connectivity index (χ2n) is 8.91. The van der Waals surface area contributed by atoms with Gasteiger partial charge in [0.1, 0.15) is 36.5 Å². The molecule has 0 aliphatic rings.